The maximum atomic E-state index is 11.9. The van der Waals surface area contributed by atoms with Crippen molar-refractivity contribution in [2.45, 2.75) is 6.42 Å². The zero-order valence-electron chi connectivity index (χ0n) is 9.45. The van der Waals surface area contributed by atoms with E-state index in [0.29, 0.717) is 12.3 Å². The molecular formula is C12H13Br2NO2. The lowest BCUT2D eigenvalue weighted by molar-refractivity contribution is -0.117. The summed E-state index contributed by atoms with van der Waals surface area (Å²) in [5.74, 6) is 1.32. The minimum Gasteiger partial charge on any atom is -0.497 e. The van der Waals surface area contributed by atoms with E-state index in [1.54, 1.807) is 7.11 Å². The highest BCUT2D eigenvalue weighted by molar-refractivity contribution is 9.10. The second-order valence-corrected chi connectivity index (χ2v) is 5.55. The molecule has 1 heterocycles. The third-order valence-electron chi connectivity index (χ3n) is 2.87. The Hall–Kier alpha value is -0.550. The summed E-state index contributed by atoms with van der Waals surface area (Å²) in [4.78, 5) is 13.8. The van der Waals surface area contributed by atoms with Gasteiger partial charge in [0, 0.05) is 28.8 Å². The molecule has 1 saturated heterocycles. The molecule has 1 fully saturated rings. The summed E-state index contributed by atoms with van der Waals surface area (Å²) in [7, 11) is 1.63. The summed E-state index contributed by atoms with van der Waals surface area (Å²) in [6.07, 6.45) is 0.606. The first kappa shape index (κ1) is 12.9. The number of hydrogen-bond acceptors (Lipinski definition) is 2. The van der Waals surface area contributed by atoms with Gasteiger partial charge < -0.3 is 9.64 Å². The highest BCUT2D eigenvalue weighted by atomic mass is 79.9. The van der Waals surface area contributed by atoms with Crippen LogP contribution in [0.4, 0.5) is 5.69 Å². The summed E-state index contributed by atoms with van der Waals surface area (Å²) >= 11 is 6.91. The highest BCUT2D eigenvalue weighted by Crippen LogP contribution is 2.34. The molecule has 2 rings (SSSR count). The van der Waals surface area contributed by atoms with E-state index in [9.17, 15) is 4.79 Å². The third-order valence-corrected chi connectivity index (χ3v) is 4.45. The fraction of sp³-hybridized carbons (Fsp3) is 0.417. The number of alkyl halides is 1. The number of carbonyl (C=O) groups is 1. The summed E-state index contributed by atoms with van der Waals surface area (Å²) in [5, 5.41) is 0.858. The van der Waals surface area contributed by atoms with Crippen LogP contribution in [0.15, 0.2) is 22.7 Å². The second-order valence-electron chi connectivity index (χ2n) is 4.05. The van der Waals surface area contributed by atoms with Gasteiger partial charge in [-0.1, -0.05) is 15.9 Å². The molecule has 0 bridgehead atoms. The number of anilines is 1. The van der Waals surface area contributed by atoms with Crippen molar-refractivity contribution in [3.05, 3.63) is 22.7 Å². The lowest BCUT2D eigenvalue weighted by Crippen LogP contribution is -2.25. The standard InChI is InChI=1S/C12H13Br2NO2/c1-17-9-2-3-10(14)11(5-9)15-7-8(6-13)4-12(15)16/h2-3,5,8H,4,6-7H2,1H3. The first-order chi connectivity index (χ1) is 8.15. The van der Waals surface area contributed by atoms with Crippen LogP contribution in [0.5, 0.6) is 5.75 Å². The molecule has 92 valence electrons. The van der Waals surface area contributed by atoms with Crippen LogP contribution in [0, 0.1) is 5.92 Å². The predicted molar refractivity (Wildman–Crippen MR) is 74.9 cm³/mol. The van der Waals surface area contributed by atoms with Crippen molar-refractivity contribution in [3.63, 3.8) is 0 Å². The number of methoxy groups -OCH3 is 1. The topological polar surface area (TPSA) is 29.5 Å². The predicted octanol–water partition coefficient (Wildman–Crippen LogP) is 3.21. The average molecular weight is 363 g/mol. The number of ether oxygens (including phenoxy) is 1. The Morgan fingerprint density at radius 2 is 2.29 bits per heavy atom. The van der Waals surface area contributed by atoms with Crippen LogP contribution in [-0.2, 0) is 4.79 Å². The fourth-order valence-electron chi connectivity index (χ4n) is 1.94. The second kappa shape index (κ2) is 5.40. The van der Waals surface area contributed by atoms with Crippen molar-refractivity contribution in [3.8, 4) is 5.75 Å². The largest absolute Gasteiger partial charge is 0.497 e. The van der Waals surface area contributed by atoms with E-state index in [-0.39, 0.29) is 5.91 Å². The van der Waals surface area contributed by atoms with Crippen LogP contribution in [0.2, 0.25) is 0 Å². The van der Waals surface area contributed by atoms with Gasteiger partial charge >= 0.3 is 0 Å². The van der Waals surface area contributed by atoms with Crippen LogP contribution in [0.1, 0.15) is 6.42 Å². The Labute approximate surface area is 117 Å². The Morgan fingerprint density at radius 1 is 1.53 bits per heavy atom. The Kier molecular flexibility index (Phi) is 4.09. The van der Waals surface area contributed by atoms with E-state index >= 15 is 0 Å². The zero-order chi connectivity index (χ0) is 12.4. The van der Waals surface area contributed by atoms with Gasteiger partial charge in [-0.25, -0.2) is 0 Å². The van der Waals surface area contributed by atoms with E-state index in [0.717, 1.165) is 27.8 Å². The summed E-state index contributed by atoms with van der Waals surface area (Å²) in [5.41, 5.74) is 0.887. The molecule has 0 aliphatic carbocycles. The summed E-state index contributed by atoms with van der Waals surface area (Å²) in [6.45, 7) is 0.760. The Balaban J connectivity index is 2.30. The number of rotatable bonds is 3. The molecule has 3 nitrogen and oxygen atoms in total. The van der Waals surface area contributed by atoms with Gasteiger partial charge in [0.2, 0.25) is 5.91 Å². The first-order valence-corrected chi connectivity index (χ1v) is 7.27. The lowest BCUT2D eigenvalue weighted by atomic mass is 10.2. The quantitative estimate of drug-likeness (QED) is 0.772. The molecule has 1 aromatic rings. The molecule has 1 atom stereocenters. The van der Waals surface area contributed by atoms with Crippen molar-refractivity contribution in [2.24, 2.45) is 5.92 Å². The fourth-order valence-corrected chi connectivity index (χ4v) is 2.84. The molecule has 17 heavy (non-hydrogen) atoms. The Bertz CT molecular complexity index is 437. The average Bonchev–Trinajstić information content (AvgIpc) is 2.71. The molecule has 1 aromatic carbocycles. The van der Waals surface area contributed by atoms with E-state index in [4.69, 9.17) is 4.74 Å². The van der Waals surface area contributed by atoms with E-state index in [2.05, 4.69) is 31.9 Å². The molecule has 1 unspecified atom stereocenters. The molecular weight excluding hydrogens is 350 g/mol. The van der Waals surface area contributed by atoms with Gasteiger partial charge in [0.25, 0.3) is 0 Å². The van der Waals surface area contributed by atoms with Gasteiger partial charge in [0.1, 0.15) is 5.75 Å². The molecule has 0 radical (unpaired) electrons. The van der Waals surface area contributed by atoms with Gasteiger partial charge in [-0.3, -0.25) is 4.79 Å². The van der Waals surface area contributed by atoms with Gasteiger partial charge in [0.15, 0.2) is 0 Å². The highest BCUT2D eigenvalue weighted by Gasteiger charge is 2.30. The number of amides is 1. The van der Waals surface area contributed by atoms with Crippen molar-refractivity contribution in [1.29, 1.82) is 0 Å². The third kappa shape index (κ3) is 2.65. The molecule has 5 heteroatoms. The first-order valence-electron chi connectivity index (χ1n) is 5.35. The van der Waals surface area contributed by atoms with Crippen LogP contribution >= 0.6 is 31.9 Å². The lowest BCUT2D eigenvalue weighted by Gasteiger charge is -2.18. The van der Waals surface area contributed by atoms with Crippen LogP contribution in [0.3, 0.4) is 0 Å². The number of halogens is 2. The molecule has 0 aromatic heterocycles. The summed E-state index contributed by atoms with van der Waals surface area (Å²) in [6, 6.07) is 5.66. The van der Waals surface area contributed by atoms with E-state index < -0.39 is 0 Å². The van der Waals surface area contributed by atoms with Gasteiger partial charge in [-0.2, -0.15) is 0 Å². The number of hydrogen-bond donors (Lipinski definition) is 0. The Morgan fingerprint density at radius 3 is 2.88 bits per heavy atom. The van der Waals surface area contributed by atoms with Crippen molar-refractivity contribution in [1.82, 2.24) is 0 Å². The van der Waals surface area contributed by atoms with Crippen molar-refractivity contribution >= 4 is 43.5 Å². The number of carbonyl (C=O) groups excluding carboxylic acids is 1. The van der Waals surface area contributed by atoms with Crippen molar-refractivity contribution in [2.75, 3.05) is 23.9 Å². The van der Waals surface area contributed by atoms with Crippen LogP contribution in [0.25, 0.3) is 0 Å². The minimum atomic E-state index is 0.170. The van der Waals surface area contributed by atoms with Crippen LogP contribution < -0.4 is 9.64 Å². The molecule has 0 saturated carbocycles. The monoisotopic (exact) mass is 361 g/mol. The van der Waals surface area contributed by atoms with Crippen molar-refractivity contribution < 1.29 is 9.53 Å². The van der Waals surface area contributed by atoms with E-state index in [1.807, 2.05) is 23.1 Å². The normalized spacial score (nSPS) is 19.8. The maximum Gasteiger partial charge on any atom is 0.227 e. The molecule has 0 N–H and O–H groups in total. The van der Waals surface area contributed by atoms with Gasteiger partial charge in [-0.05, 0) is 34.0 Å². The van der Waals surface area contributed by atoms with Gasteiger partial charge in [0.05, 0.1) is 12.8 Å². The summed E-state index contributed by atoms with van der Waals surface area (Å²) < 4.78 is 6.11. The zero-order valence-corrected chi connectivity index (χ0v) is 12.6. The SMILES string of the molecule is COc1ccc(Br)c(N2CC(CBr)CC2=O)c1. The maximum absolute atomic E-state index is 11.9. The molecule has 1 aliphatic rings. The van der Waals surface area contributed by atoms with Crippen LogP contribution in [-0.4, -0.2) is 24.9 Å². The number of benzene rings is 1. The minimum absolute atomic E-state index is 0.170. The van der Waals surface area contributed by atoms with E-state index in [1.165, 1.54) is 0 Å². The molecule has 0 spiro atoms. The number of nitrogens with zero attached hydrogens (tertiary/aromatic N) is 1. The molecule has 1 aliphatic heterocycles. The molecule has 1 amide bonds. The van der Waals surface area contributed by atoms with Gasteiger partial charge in [-0.15, -0.1) is 0 Å². The smallest absolute Gasteiger partial charge is 0.227 e.